The van der Waals surface area contributed by atoms with Gasteiger partial charge in [0.15, 0.2) is 11.6 Å². The first-order valence-electron chi connectivity index (χ1n) is 11.2. The molecule has 0 radical (unpaired) electrons. The average molecular weight is 469 g/mol. The van der Waals surface area contributed by atoms with Crippen molar-refractivity contribution in [3.05, 3.63) is 54.1 Å². The first kappa shape index (κ1) is 25.2. The highest BCUT2D eigenvalue weighted by molar-refractivity contribution is 5.81. The maximum absolute atomic E-state index is 15.4. The number of fused-ring (bicyclic) bond motifs is 1. The van der Waals surface area contributed by atoms with E-state index in [1.54, 1.807) is 11.0 Å². The fraction of sp³-hybridized carbons (Fsp3) is 0.385. The summed E-state index contributed by atoms with van der Waals surface area (Å²) in [6, 6.07) is 8.87. The van der Waals surface area contributed by atoms with E-state index in [4.69, 9.17) is 19.2 Å². The molecule has 8 heteroatoms. The second-order valence-electron chi connectivity index (χ2n) is 8.44. The second kappa shape index (κ2) is 11.2. The minimum Gasteiger partial charge on any atom is -0.497 e. The number of halogens is 1. The molecule has 2 heterocycles. The molecule has 0 unspecified atom stereocenters. The van der Waals surface area contributed by atoms with Crippen LogP contribution in [-0.2, 0) is 4.74 Å². The summed E-state index contributed by atoms with van der Waals surface area (Å²) in [4.78, 5) is 13.2. The Bertz CT molecular complexity index is 1160. The number of pyridine rings is 2. The van der Waals surface area contributed by atoms with Crippen LogP contribution in [0.5, 0.6) is 11.5 Å². The molecule has 0 bridgehead atoms. The van der Waals surface area contributed by atoms with E-state index >= 15 is 4.39 Å². The predicted octanol–water partition coefficient (Wildman–Crippen LogP) is 5.27. The molecule has 0 saturated heterocycles. The molecule has 1 aromatic carbocycles. The lowest BCUT2D eigenvalue weighted by Gasteiger charge is -2.26. The molecule has 34 heavy (non-hydrogen) atoms. The van der Waals surface area contributed by atoms with E-state index < -0.39 is 5.82 Å². The maximum atomic E-state index is 15.4. The smallest absolute Gasteiger partial charge is 0.188 e. The van der Waals surface area contributed by atoms with Crippen LogP contribution < -0.4 is 14.4 Å². The summed E-state index contributed by atoms with van der Waals surface area (Å²) in [6.45, 7) is 6.73. The van der Waals surface area contributed by atoms with Crippen LogP contribution in [0.25, 0.3) is 16.6 Å². The van der Waals surface area contributed by atoms with Crippen LogP contribution in [0.3, 0.4) is 0 Å². The van der Waals surface area contributed by atoms with Gasteiger partial charge >= 0.3 is 0 Å². The van der Waals surface area contributed by atoms with Crippen molar-refractivity contribution in [3.63, 3.8) is 0 Å². The highest BCUT2D eigenvalue weighted by Crippen LogP contribution is 2.36. The number of ether oxygens (including phenoxy) is 3. The molecule has 0 spiro atoms. The van der Waals surface area contributed by atoms with Crippen molar-refractivity contribution < 1.29 is 18.6 Å². The number of rotatable bonds is 10. The molecule has 3 aromatic rings. The zero-order valence-electron chi connectivity index (χ0n) is 20.9. The Morgan fingerprint density at radius 3 is 2.50 bits per heavy atom. The molecule has 0 aliphatic heterocycles. The summed E-state index contributed by atoms with van der Waals surface area (Å²) in [7, 11) is 6.91. The van der Waals surface area contributed by atoms with E-state index in [0.29, 0.717) is 35.9 Å². The lowest BCUT2D eigenvalue weighted by Crippen LogP contribution is -2.25. The average Bonchev–Trinajstić information content (AvgIpc) is 2.81. The van der Waals surface area contributed by atoms with Gasteiger partial charge in [-0.3, -0.25) is 4.98 Å². The summed E-state index contributed by atoms with van der Waals surface area (Å²) >= 11 is 0. The summed E-state index contributed by atoms with van der Waals surface area (Å²) in [5, 5.41) is 0. The van der Waals surface area contributed by atoms with Gasteiger partial charge in [-0.1, -0.05) is 0 Å². The molecule has 182 valence electrons. The summed E-state index contributed by atoms with van der Waals surface area (Å²) in [5.74, 6) is 0.657. The molecule has 0 fully saturated rings. The number of allylic oxidation sites excluding steroid dienone is 1. The van der Waals surface area contributed by atoms with Crippen molar-refractivity contribution in [2.75, 3.05) is 46.4 Å². The van der Waals surface area contributed by atoms with Gasteiger partial charge in [-0.2, -0.15) is 0 Å². The molecule has 0 atom stereocenters. The Balaban J connectivity index is 2.11. The molecule has 0 aliphatic rings. The lowest BCUT2D eigenvalue weighted by atomic mass is 10.1. The molecule has 0 amide bonds. The molecular formula is C26H33FN4O3. The van der Waals surface area contributed by atoms with Gasteiger partial charge in [0.2, 0.25) is 0 Å². The van der Waals surface area contributed by atoms with Gasteiger partial charge in [-0.25, -0.2) is 9.37 Å². The second-order valence-corrected chi connectivity index (χ2v) is 8.44. The highest BCUT2D eigenvalue weighted by Gasteiger charge is 2.21. The summed E-state index contributed by atoms with van der Waals surface area (Å²) in [5.41, 5.74) is 3.80. The molecule has 2 aromatic heterocycles. The van der Waals surface area contributed by atoms with E-state index in [-0.39, 0.29) is 11.9 Å². The van der Waals surface area contributed by atoms with Gasteiger partial charge in [0, 0.05) is 45.2 Å². The molecule has 7 nitrogen and oxygen atoms in total. The number of methoxy groups -OCH3 is 2. The molecule has 0 saturated carbocycles. The molecule has 0 N–H and O–H groups in total. The van der Waals surface area contributed by atoms with Crippen molar-refractivity contribution in [1.29, 1.82) is 0 Å². The minimum absolute atomic E-state index is 0.0503. The predicted molar refractivity (Wildman–Crippen MR) is 134 cm³/mol. The van der Waals surface area contributed by atoms with Crippen LogP contribution in [0.2, 0.25) is 0 Å². The van der Waals surface area contributed by atoms with Crippen molar-refractivity contribution in [2.24, 2.45) is 0 Å². The number of aromatic nitrogens is 2. The van der Waals surface area contributed by atoms with Gasteiger partial charge < -0.3 is 24.0 Å². The third-order valence-electron chi connectivity index (χ3n) is 5.21. The van der Waals surface area contributed by atoms with Crippen molar-refractivity contribution in [1.82, 2.24) is 14.9 Å². The number of hydrogen-bond acceptors (Lipinski definition) is 7. The van der Waals surface area contributed by atoms with Crippen LogP contribution in [0.15, 0.2) is 42.7 Å². The van der Waals surface area contributed by atoms with Crippen molar-refractivity contribution >= 4 is 28.1 Å². The Morgan fingerprint density at radius 1 is 1.09 bits per heavy atom. The number of benzene rings is 1. The van der Waals surface area contributed by atoms with Crippen molar-refractivity contribution in [3.8, 4) is 11.5 Å². The van der Waals surface area contributed by atoms with E-state index in [1.807, 2.05) is 70.4 Å². The summed E-state index contributed by atoms with van der Waals surface area (Å²) < 4.78 is 31.8. The van der Waals surface area contributed by atoms with Gasteiger partial charge in [-0.15, -0.1) is 0 Å². The largest absolute Gasteiger partial charge is 0.497 e. The first-order chi connectivity index (χ1) is 16.2. The maximum Gasteiger partial charge on any atom is 0.188 e. The third-order valence-corrected chi connectivity index (χ3v) is 5.21. The molecule has 0 aliphatic carbocycles. The Hall–Kier alpha value is -3.39. The zero-order valence-corrected chi connectivity index (χ0v) is 20.9. The monoisotopic (exact) mass is 468 g/mol. The number of nitrogens with zero attached hydrogens (tertiary/aromatic N) is 4. The van der Waals surface area contributed by atoms with Crippen molar-refractivity contribution in [2.45, 2.75) is 26.9 Å². The van der Waals surface area contributed by atoms with E-state index in [9.17, 15) is 0 Å². The molecular weight excluding hydrogens is 435 g/mol. The Morgan fingerprint density at radius 2 is 1.85 bits per heavy atom. The van der Waals surface area contributed by atoms with Gasteiger partial charge in [-0.05, 0) is 50.1 Å². The van der Waals surface area contributed by atoms with E-state index in [1.165, 1.54) is 20.3 Å². The Labute approximate surface area is 200 Å². The summed E-state index contributed by atoms with van der Waals surface area (Å²) in [6.07, 6.45) is 3.91. The quantitative estimate of drug-likeness (QED) is 0.402. The SMILES string of the molecule is COc1cc(OC)c(F)c(N(CCOC(C)C)c2ccc3ncc(/C(C)=C/N(C)C)cc3n2)c1. The first-order valence-corrected chi connectivity index (χ1v) is 11.2. The van der Waals surface area contributed by atoms with Gasteiger partial charge in [0.1, 0.15) is 11.6 Å². The Kier molecular flexibility index (Phi) is 8.28. The third kappa shape index (κ3) is 5.94. The van der Waals surface area contributed by atoms with E-state index in [0.717, 1.165) is 16.7 Å². The van der Waals surface area contributed by atoms with Gasteiger partial charge in [0.25, 0.3) is 0 Å². The zero-order chi connectivity index (χ0) is 24.8. The van der Waals surface area contributed by atoms with Crippen LogP contribution >= 0.6 is 0 Å². The standard InChI is InChI=1S/C26H33FN4O3/c1-17(2)34-11-10-31(23-13-20(32-6)14-24(33-7)26(23)27)25-9-8-21-22(29-25)12-19(15-28-21)18(3)16-30(4)5/h8-9,12-17H,10-11H2,1-7H3/b18-16+. The van der Waals surface area contributed by atoms with E-state index in [2.05, 4.69) is 4.98 Å². The van der Waals surface area contributed by atoms with Crippen LogP contribution in [0.4, 0.5) is 15.9 Å². The van der Waals surface area contributed by atoms with Crippen LogP contribution in [-0.4, -0.2) is 62.4 Å². The minimum atomic E-state index is -0.494. The fourth-order valence-corrected chi connectivity index (χ4v) is 3.58. The van der Waals surface area contributed by atoms with Crippen LogP contribution in [0, 0.1) is 5.82 Å². The fourth-order valence-electron chi connectivity index (χ4n) is 3.58. The number of hydrogen-bond donors (Lipinski definition) is 0. The molecule has 3 rings (SSSR count). The topological polar surface area (TPSA) is 60.0 Å². The lowest BCUT2D eigenvalue weighted by molar-refractivity contribution is 0.0850. The van der Waals surface area contributed by atoms with Gasteiger partial charge in [0.05, 0.1) is 43.7 Å². The number of anilines is 2. The van der Waals surface area contributed by atoms with Crippen LogP contribution in [0.1, 0.15) is 26.3 Å². The highest BCUT2D eigenvalue weighted by atomic mass is 19.1. The normalized spacial score (nSPS) is 11.7.